The average molecular weight is 237 g/mol. The molecule has 1 rings (SSSR count). The Hall–Kier alpha value is -2.73. The lowest BCUT2D eigenvalue weighted by Gasteiger charge is -2.18. The summed E-state index contributed by atoms with van der Waals surface area (Å²) in [6, 6.07) is 3.17. The summed E-state index contributed by atoms with van der Waals surface area (Å²) in [6.45, 7) is 0. The first-order chi connectivity index (χ1) is 8.01. The Bertz CT molecular complexity index is 521. The Morgan fingerprint density at radius 1 is 1.29 bits per heavy atom. The van der Waals surface area contributed by atoms with Gasteiger partial charge in [-0.2, -0.15) is 5.26 Å². The third-order valence-electron chi connectivity index (χ3n) is 1.80. The zero-order valence-electron chi connectivity index (χ0n) is 8.48. The van der Waals surface area contributed by atoms with Crippen molar-refractivity contribution in [3.05, 3.63) is 43.4 Å². The average Bonchev–Trinajstić information content (AvgIpc) is 2.28. The monoisotopic (exact) mass is 237 g/mol. The van der Waals surface area contributed by atoms with E-state index in [1.54, 1.807) is 6.07 Å². The molecule has 0 heterocycles. The number of nitrogens with zero attached hydrogens (tertiary/aromatic N) is 4. The highest BCUT2D eigenvalue weighted by Crippen LogP contribution is 2.36. The lowest BCUT2D eigenvalue weighted by molar-refractivity contribution is -0.393. The van der Waals surface area contributed by atoms with E-state index in [1.165, 1.54) is 0 Å². The van der Waals surface area contributed by atoms with Crippen molar-refractivity contribution in [1.29, 1.82) is 5.26 Å². The summed E-state index contributed by atoms with van der Waals surface area (Å²) in [5, 5.41) is 29.9. The maximum absolute atomic E-state index is 10.7. The summed E-state index contributed by atoms with van der Waals surface area (Å²) in [4.78, 5) is 23.9. The molecule has 88 valence electrons. The summed E-state index contributed by atoms with van der Waals surface area (Å²) in [5.74, 6) is 0. The van der Waals surface area contributed by atoms with Gasteiger partial charge in [0.1, 0.15) is 11.6 Å². The second-order valence-corrected chi connectivity index (χ2v) is 2.76. The molecule has 0 spiro atoms. The summed E-state index contributed by atoms with van der Waals surface area (Å²) in [7, 11) is 1.16. The summed E-state index contributed by atoms with van der Waals surface area (Å²) in [5.41, 5.74) is 1.50. The molecular weight excluding hydrogens is 232 g/mol. The van der Waals surface area contributed by atoms with Crippen LogP contribution in [0.15, 0.2) is 12.1 Å². The van der Waals surface area contributed by atoms with Crippen LogP contribution in [0, 0.1) is 31.6 Å². The molecule has 0 N–H and O–H groups in total. The number of hydrogen-bond donors (Lipinski definition) is 0. The van der Waals surface area contributed by atoms with Crippen LogP contribution in [0.1, 0.15) is 5.56 Å². The first-order valence-corrected chi connectivity index (χ1v) is 4.12. The molecule has 0 fully saturated rings. The molecule has 1 aromatic rings. The molecular formula is C8H5N4O5-. The van der Waals surface area contributed by atoms with Crippen molar-refractivity contribution in [2.75, 3.05) is 7.11 Å². The van der Waals surface area contributed by atoms with Gasteiger partial charge >= 0.3 is 0 Å². The maximum atomic E-state index is 10.7. The number of nitriles is 1. The Kier molecular flexibility index (Phi) is 3.53. The summed E-state index contributed by atoms with van der Waals surface area (Å²) < 4.78 is 0. The Morgan fingerprint density at radius 3 is 2.29 bits per heavy atom. The zero-order valence-corrected chi connectivity index (χ0v) is 8.48. The molecule has 0 aliphatic rings. The van der Waals surface area contributed by atoms with Crippen molar-refractivity contribution >= 4 is 17.1 Å². The highest BCUT2D eigenvalue weighted by Gasteiger charge is 2.20. The topological polar surface area (TPSA) is 133 Å². The van der Waals surface area contributed by atoms with E-state index in [4.69, 9.17) is 5.26 Å². The first-order valence-electron chi connectivity index (χ1n) is 4.12. The van der Waals surface area contributed by atoms with Crippen molar-refractivity contribution < 1.29 is 14.7 Å². The molecule has 1 aromatic carbocycles. The van der Waals surface area contributed by atoms with Gasteiger partial charge in [0.2, 0.25) is 0 Å². The summed E-state index contributed by atoms with van der Waals surface area (Å²) in [6.07, 6.45) is 0. The molecule has 9 heteroatoms. The third-order valence-corrected chi connectivity index (χ3v) is 1.80. The molecule has 0 saturated carbocycles. The van der Waals surface area contributed by atoms with Gasteiger partial charge in [-0.1, -0.05) is 0 Å². The minimum absolute atomic E-state index is 0.250. The van der Waals surface area contributed by atoms with Crippen LogP contribution in [0.25, 0.3) is 5.48 Å². The number of nitro groups is 2. The van der Waals surface area contributed by atoms with Crippen molar-refractivity contribution in [2.45, 2.75) is 0 Å². The molecule has 17 heavy (non-hydrogen) atoms. The normalized spacial score (nSPS) is 9.41. The fourth-order valence-electron chi connectivity index (χ4n) is 1.12. The second-order valence-electron chi connectivity index (χ2n) is 2.76. The van der Waals surface area contributed by atoms with Crippen LogP contribution in [0.2, 0.25) is 0 Å². The van der Waals surface area contributed by atoms with E-state index in [1.807, 2.05) is 0 Å². The second kappa shape index (κ2) is 4.86. The van der Waals surface area contributed by atoms with Gasteiger partial charge in [-0.3, -0.25) is 20.2 Å². The van der Waals surface area contributed by atoms with E-state index in [-0.39, 0.29) is 11.3 Å². The molecule has 0 radical (unpaired) electrons. The molecule has 0 aliphatic heterocycles. The summed E-state index contributed by atoms with van der Waals surface area (Å²) >= 11 is 0. The molecule has 0 saturated heterocycles. The van der Waals surface area contributed by atoms with Crippen molar-refractivity contribution in [2.24, 2.45) is 0 Å². The van der Waals surface area contributed by atoms with Crippen molar-refractivity contribution in [3.8, 4) is 6.07 Å². The predicted octanol–water partition coefficient (Wildman–Crippen LogP) is 1.94. The number of nitro benzene ring substituents is 2. The van der Waals surface area contributed by atoms with E-state index < -0.39 is 21.2 Å². The van der Waals surface area contributed by atoms with Crippen LogP contribution in [0.5, 0.6) is 0 Å². The van der Waals surface area contributed by atoms with E-state index in [9.17, 15) is 20.2 Å². The van der Waals surface area contributed by atoms with Crippen LogP contribution in [0.3, 0.4) is 0 Å². The van der Waals surface area contributed by atoms with Gasteiger partial charge in [-0.05, 0) is 11.8 Å². The van der Waals surface area contributed by atoms with Crippen LogP contribution in [-0.2, 0) is 4.84 Å². The number of hydrogen-bond acceptors (Lipinski definition) is 6. The maximum Gasteiger partial charge on any atom is 0.293 e. The SMILES string of the molecule is CO[N-]c1cc(C#N)c([N+](=O)[O-])cc1[N+](=O)[O-]. The van der Waals surface area contributed by atoms with Crippen molar-refractivity contribution in [3.63, 3.8) is 0 Å². The van der Waals surface area contributed by atoms with Gasteiger partial charge in [-0.15, -0.1) is 0 Å². The Labute approximate surface area is 94.5 Å². The van der Waals surface area contributed by atoms with Gasteiger partial charge in [0, 0.05) is 7.11 Å². The predicted molar refractivity (Wildman–Crippen MR) is 54.5 cm³/mol. The number of rotatable bonds is 4. The van der Waals surface area contributed by atoms with Crippen LogP contribution in [-0.4, -0.2) is 17.0 Å². The quantitative estimate of drug-likeness (QED) is 0.580. The first kappa shape index (κ1) is 12.3. The Balaban J connectivity index is 3.49. The molecule has 0 bridgehead atoms. The van der Waals surface area contributed by atoms with Gasteiger partial charge < -0.3 is 10.3 Å². The fourth-order valence-corrected chi connectivity index (χ4v) is 1.12. The van der Waals surface area contributed by atoms with Crippen LogP contribution >= 0.6 is 0 Å². The Morgan fingerprint density at radius 2 is 1.88 bits per heavy atom. The lowest BCUT2D eigenvalue weighted by Crippen LogP contribution is -1.96. The molecule has 0 unspecified atom stereocenters. The zero-order chi connectivity index (χ0) is 13.0. The minimum Gasteiger partial charge on any atom is -0.557 e. The highest BCUT2D eigenvalue weighted by molar-refractivity contribution is 5.71. The largest absolute Gasteiger partial charge is 0.557 e. The molecule has 9 nitrogen and oxygen atoms in total. The van der Waals surface area contributed by atoms with Crippen LogP contribution < -0.4 is 0 Å². The lowest BCUT2D eigenvalue weighted by atomic mass is 10.1. The highest BCUT2D eigenvalue weighted by atomic mass is 16.6. The van der Waals surface area contributed by atoms with Gasteiger partial charge in [0.05, 0.1) is 15.9 Å². The molecule has 0 aromatic heterocycles. The van der Waals surface area contributed by atoms with Crippen molar-refractivity contribution in [1.82, 2.24) is 0 Å². The fraction of sp³-hybridized carbons (Fsp3) is 0.125. The standard InChI is InChI=1S/C8H5N4O5/c1-17-10-6-2-5(4-9)7(11(13)14)3-8(6)12(15)16/h2-3H,1H3/q-1. The van der Waals surface area contributed by atoms with Gasteiger partial charge in [-0.25, -0.2) is 0 Å². The van der Waals surface area contributed by atoms with E-state index in [0.717, 1.165) is 13.2 Å². The van der Waals surface area contributed by atoms with E-state index >= 15 is 0 Å². The van der Waals surface area contributed by atoms with Crippen LogP contribution in [0.4, 0.5) is 17.1 Å². The number of benzene rings is 1. The third kappa shape index (κ3) is 2.44. The minimum atomic E-state index is -0.873. The molecule has 0 atom stereocenters. The van der Waals surface area contributed by atoms with Gasteiger partial charge in [0.25, 0.3) is 11.4 Å². The van der Waals surface area contributed by atoms with Gasteiger partial charge in [0.15, 0.2) is 0 Å². The molecule has 0 aliphatic carbocycles. The molecule has 0 amide bonds. The van der Waals surface area contributed by atoms with E-state index in [2.05, 4.69) is 10.3 Å². The van der Waals surface area contributed by atoms with E-state index in [0.29, 0.717) is 6.07 Å². The smallest absolute Gasteiger partial charge is 0.293 e.